The van der Waals surface area contributed by atoms with Crippen molar-refractivity contribution in [2.75, 3.05) is 38.2 Å². The number of aliphatic carboxylic acids is 1. The van der Waals surface area contributed by atoms with Crippen LogP contribution in [0, 0.1) is 0 Å². The molecule has 0 aromatic heterocycles. The van der Waals surface area contributed by atoms with E-state index >= 15 is 0 Å². The molecule has 2 amide bonds. The number of hydrogen-bond acceptors (Lipinski definition) is 5. The van der Waals surface area contributed by atoms with Crippen molar-refractivity contribution in [3.05, 3.63) is 24.3 Å². The summed E-state index contributed by atoms with van der Waals surface area (Å²) in [5, 5.41) is 28.8. The Labute approximate surface area is 121 Å². The van der Waals surface area contributed by atoms with E-state index in [9.17, 15) is 9.59 Å². The van der Waals surface area contributed by atoms with Crippen molar-refractivity contribution in [2.45, 2.75) is 0 Å². The average molecular weight is 298 g/mol. The number of carbonyl (C=O) groups excluding carboxylic acids is 1. The second-order valence-corrected chi connectivity index (χ2v) is 4.07. The maximum Gasteiger partial charge on any atom is 0.341 e. The Kier molecular flexibility index (Phi) is 6.99. The summed E-state index contributed by atoms with van der Waals surface area (Å²) in [6.07, 6.45) is 0. The molecule has 0 fully saturated rings. The van der Waals surface area contributed by atoms with Gasteiger partial charge in [-0.05, 0) is 12.1 Å². The van der Waals surface area contributed by atoms with Gasteiger partial charge < -0.3 is 30.3 Å². The summed E-state index contributed by atoms with van der Waals surface area (Å²) in [6.45, 7) is -0.702. The predicted molar refractivity (Wildman–Crippen MR) is 74.3 cm³/mol. The van der Waals surface area contributed by atoms with Crippen LogP contribution in [0.25, 0.3) is 0 Å². The largest absolute Gasteiger partial charge is 0.482 e. The summed E-state index contributed by atoms with van der Waals surface area (Å²) in [5.74, 6) is -0.785. The van der Waals surface area contributed by atoms with E-state index in [0.717, 1.165) is 0 Å². The minimum absolute atomic E-state index is 0.0988. The molecular weight excluding hydrogens is 280 g/mol. The molecule has 0 saturated carbocycles. The minimum atomic E-state index is -1.10. The zero-order valence-electron chi connectivity index (χ0n) is 11.4. The third-order valence-electron chi connectivity index (χ3n) is 2.47. The summed E-state index contributed by atoms with van der Waals surface area (Å²) in [6, 6.07) is 5.79. The van der Waals surface area contributed by atoms with Crippen LogP contribution in [0.1, 0.15) is 0 Å². The normalized spacial score (nSPS) is 10.0. The van der Waals surface area contributed by atoms with Crippen molar-refractivity contribution in [3.8, 4) is 5.75 Å². The standard InChI is InChI=1S/C13H18N2O6/c16-6-4-15(5-7-17)13(20)14-10-2-1-3-11(8-10)21-9-12(18)19/h1-3,8,16-17H,4-7,9H2,(H,14,20)(H,18,19). The number of nitrogens with zero attached hydrogens (tertiary/aromatic N) is 1. The number of hydrogen-bond donors (Lipinski definition) is 4. The molecule has 0 heterocycles. The Morgan fingerprint density at radius 2 is 1.86 bits per heavy atom. The van der Waals surface area contributed by atoms with Crippen molar-refractivity contribution in [1.82, 2.24) is 4.90 Å². The SMILES string of the molecule is O=C(O)COc1cccc(NC(=O)N(CCO)CCO)c1. The van der Waals surface area contributed by atoms with Gasteiger partial charge in [-0.15, -0.1) is 0 Å². The zero-order valence-corrected chi connectivity index (χ0v) is 11.4. The molecule has 0 unspecified atom stereocenters. The highest BCUT2D eigenvalue weighted by molar-refractivity contribution is 5.89. The molecule has 0 aliphatic carbocycles. The molecule has 8 heteroatoms. The van der Waals surface area contributed by atoms with E-state index in [1.54, 1.807) is 18.2 Å². The minimum Gasteiger partial charge on any atom is -0.482 e. The third kappa shape index (κ3) is 6.11. The van der Waals surface area contributed by atoms with E-state index in [4.69, 9.17) is 20.1 Å². The molecule has 0 saturated heterocycles. The van der Waals surface area contributed by atoms with Crippen LogP contribution in [0.3, 0.4) is 0 Å². The van der Waals surface area contributed by atoms with Crippen molar-refractivity contribution in [2.24, 2.45) is 0 Å². The molecule has 1 rings (SSSR count). The van der Waals surface area contributed by atoms with Gasteiger partial charge in [0.15, 0.2) is 6.61 Å². The van der Waals surface area contributed by atoms with E-state index in [-0.39, 0.29) is 26.3 Å². The van der Waals surface area contributed by atoms with Gasteiger partial charge in [-0.1, -0.05) is 6.07 Å². The lowest BCUT2D eigenvalue weighted by Crippen LogP contribution is -2.38. The van der Waals surface area contributed by atoms with Gasteiger partial charge >= 0.3 is 12.0 Å². The summed E-state index contributed by atoms with van der Waals surface area (Å²) in [7, 11) is 0. The maximum absolute atomic E-state index is 11.9. The number of carboxylic acids is 1. The second kappa shape index (κ2) is 8.77. The fourth-order valence-electron chi connectivity index (χ4n) is 1.57. The lowest BCUT2D eigenvalue weighted by atomic mass is 10.3. The Morgan fingerprint density at radius 1 is 1.19 bits per heavy atom. The first kappa shape index (κ1) is 16.7. The molecule has 0 radical (unpaired) electrons. The first-order valence-electron chi connectivity index (χ1n) is 6.29. The van der Waals surface area contributed by atoms with Crippen LogP contribution in [-0.4, -0.2) is 65.1 Å². The molecule has 0 spiro atoms. The number of amides is 2. The van der Waals surface area contributed by atoms with E-state index in [1.807, 2.05) is 0 Å². The van der Waals surface area contributed by atoms with Gasteiger partial charge in [0, 0.05) is 24.8 Å². The van der Waals surface area contributed by atoms with Gasteiger partial charge in [-0.25, -0.2) is 9.59 Å². The van der Waals surface area contributed by atoms with Gasteiger partial charge in [0.1, 0.15) is 5.75 Å². The lowest BCUT2D eigenvalue weighted by molar-refractivity contribution is -0.139. The summed E-state index contributed by atoms with van der Waals surface area (Å²) in [4.78, 5) is 23.6. The molecule has 0 atom stereocenters. The van der Waals surface area contributed by atoms with Crippen LogP contribution in [-0.2, 0) is 4.79 Å². The zero-order chi connectivity index (χ0) is 15.7. The van der Waals surface area contributed by atoms with E-state index < -0.39 is 18.6 Å². The molecule has 116 valence electrons. The number of benzene rings is 1. The van der Waals surface area contributed by atoms with Crippen molar-refractivity contribution >= 4 is 17.7 Å². The number of aliphatic hydroxyl groups is 2. The topological polar surface area (TPSA) is 119 Å². The van der Waals surface area contributed by atoms with Crippen LogP contribution in [0.5, 0.6) is 5.75 Å². The Balaban J connectivity index is 2.66. The first-order chi connectivity index (χ1) is 10.1. The predicted octanol–water partition coefficient (Wildman–Crippen LogP) is -0.0315. The number of ether oxygens (including phenoxy) is 1. The maximum atomic E-state index is 11.9. The Morgan fingerprint density at radius 3 is 2.43 bits per heavy atom. The van der Waals surface area contributed by atoms with Crippen LogP contribution >= 0.6 is 0 Å². The first-order valence-corrected chi connectivity index (χ1v) is 6.29. The van der Waals surface area contributed by atoms with Crippen LogP contribution in [0.4, 0.5) is 10.5 Å². The third-order valence-corrected chi connectivity index (χ3v) is 2.47. The van der Waals surface area contributed by atoms with E-state index in [2.05, 4.69) is 5.32 Å². The molecule has 0 aliphatic rings. The number of nitrogens with one attached hydrogen (secondary N) is 1. The van der Waals surface area contributed by atoms with Crippen molar-refractivity contribution in [1.29, 1.82) is 0 Å². The monoisotopic (exact) mass is 298 g/mol. The molecule has 1 aromatic rings. The quantitative estimate of drug-likeness (QED) is 0.535. The molecule has 1 aromatic carbocycles. The lowest BCUT2D eigenvalue weighted by Gasteiger charge is -2.21. The molecular formula is C13H18N2O6. The van der Waals surface area contributed by atoms with E-state index in [1.165, 1.54) is 11.0 Å². The van der Waals surface area contributed by atoms with Gasteiger partial charge in [-0.2, -0.15) is 0 Å². The number of aliphatic hydroxyl groups excluding tert-OH is 2. The summed E-state index contributed by atoms with van der Waals surface area (Å²) >= 11 is 0. The number of rotatable bonds is 8. The molecule has 4 N–H and O–H groups in total. The summed E-state index contributed by atoms with van der Waals surface area (Å²) < 4.78 is 5.00. The highest BCUT2D eigenvalue weighted by Gasteiger charge is 2.12. The van der Waals surface area contributed by atoms with Crippen LogP contribution in [0.15, 0.2) is 24.3 Å². The van der Waals surface area contributed by atoms with Crippen molar-refractivity contribution < 1.29 is 29.6 Å². The second-order valence-electron chi connectivity index (χ2n) is 4.07. The number of carbonyl (C=O) groups is 2. The van der Waals surface area contributed by atoms with Crippen molar-refractivity contribution in [3.63, 3.8) is 0 Å². The molecule has 8 nitrogen and oxygen atoms in total. The van der Waals surface area contributed by atoms with Gasteiger partial charge in [0.2, 0.25) is 0 Å². The summed E-state index contributed by atoms with van der Waals surface area (Å²) in [5.41, 5.74) is 0.420. The molecule has 21 heavy (non-hydrogen) atoms. The number of urea groups is 1. The fraction of sp³-hybridized carbons (Fsp3) is 0.385. The van der Waals surface area contributed by atoms with Crippen LogP contribution < -0.4 is 10.1 Å². The fourth-order valence-corrected chi connectivity index (χ4v) is 1.57. The van der Waals surface area contributed by atoms with Crippen LogP contribution in [0.2, 0.25) is 0 Å². The molecule has 0 bridgehead atoms. The highest BCUT2D eigenvalue weighted by Crippen LogP contribution is 2.17. The Hall–Kier alpha value is -2.32. The van der Waals surface area contributed by atoms with E-state index in [0.29, 0.717) is 11.4 Å². The average Bonchev–Trinajstić information content (AvgIpc) is 2.45. The van der Waals surface area contributed by atoms with Gasteiger partial charge in [0.05, 0.1) is 13.2 Å². The number of carboxylic acid groups (broad SMARTS) is 1. The highest BCUT2D eigenvalue weighted by atomic mass is 16.5. The smallest absolute Gasteiger partial charge is 0.341 e. The van der Waals surface area contributed by atoms with Gasteiger partial charge in [0.25, 0.3) is 0 Å². The number of anilines is 1. The Bertz CT molecular complexity index is 473. The molecule has 0 aliphatic heterocycles. The van der Waals surface area contributed by atoms with Gasteiger partial charge in [-0.3, -0.25) is 0 Å².